The molecule has 1 aliphatic heterocycles. The first-order valence-corrected chi connectivity index (χ1v) is 12.4. The minimum Gasteiger partial charge on any atom is -0.466 e. The zero-order valence-electron chi connectivity index (χ0n) is 21.6. The first-order chi connectivity index (χ1) is 17.3. The number of esters is 1. The molecule has 0 unspecified atom stereocenters. The van der Waals surface area contributed by atoms with Crippen LogP contribution in [0.25, 0.3) is 0 Å². The molecule has 1 aliphatic rings. The SMILES string of the molecule is CCOC(=O)C[C@H](C=C[C@H]1OC[C@@H](c2ccccc2)N1C(=O)OC(C)(C)C)COCc1ccccc1. The van der Waals surface area contributed by atoms with Gasteiger partial charge in [-0.2, -0.15) is 0 Å². The Hall–Kier alpha value is -3.16. The first kappa shape index (κ1) is 27.4. The van der Waals surface area contributed by atoms with Crippen molar-refractivity contribution in [1.82, 2.24) is 4.90 Å². The van der Waals surface area contributed by atoms with E-state index in [4.69, 9.17) is 18.9 Å². The van der Waals surface area contributed by atoms with E-state index < -0.39 is 17.9 Å². The van der Waals surface area contributed by atoms with Gasteiger partial charge in [0.2, 0.25) is 0 Å². The summed E-state index contributed by atoms with van der Waals surface area (Å²) in [6.07, 6.45) is 2.76. The summed E-state index contributed by atoms with van der Waals surface area (Å²) in [7, 11) is 0. The summed E-state index contributed by atoms with van der Waals surface area (Å²) in [4.78, 5) is 27.0. The second-order valence-corrected chi connectivity index (χ2v) is 9.69. The maximum Gasteiger partial charge on any atom is 0.413 e. The van der Waals surface area contributed by atoms with E-state index in [-0.39, 0.29) is 24.3 Å². The smallest absolute Gasteiger partial charge is 0.413 e. The van der Waals surface area contributed by atoms with Gasteiger partial charge in [0.1, 0.15) is 5.60 Å². The lowest BCUT2D eigenvalue weighted by Gasteiger charge is -2.30. The summed E-state index contributed by atoms with van der Waals surface area (Å²) >= 11 is 0. The molecular weight excluding hydrogens is 458 g/mol. The molecule has 1 saturated heterocycles. The molecule has 1 fully saturated rings. The van der Waals surface area contributed by atoms with Crippen LogP contribution in [0.4, 0.5) is 4.79 Å². The number of hydrogen-bond donors (Lipinski definition) is 0. The molecule has 7 nitrogen and oxygen atoms in total. The molecule has 3 atom stereocenters. The molecule has 194 valence electrons. The molecular formula is C29H37NO6. The van der Waals surface area contributed by atoms with E-state index in [0.717, 1.165) is 11.1 Å². The van der Waals surface area contributed by atoms with E-state index in [1.807, 2.05) is 93.6 Å². The normalized spacial score (nSPS) is 18.8. The van der Waals surface area contributed by atoms with Crippen LogP contribution in [0.15, 0.2) is 72.8 Å². The topological polar surface area (TPSA) is 74.3 Å². The quantitative estimate of drug-likeness (QED) is 0.313. The molecule has 0 saturated carbocycles. The minimum absolute atomic E-state index is 0.167. The number of ether oxygens (including phenoxy) is 4. The average Bonchev–Trinajstić information content (AvgIpc) is 3.27. The molecule has 0 aliphatic carbocycles. The van der Waals surface area contributed by atoms with Gasteiger partial charge in [-0.05, 0) is 44.9 Å². The molecule has 0 N–H and O–H groups in total. The number of carbonyl (C=O) groups is 2. The van der Waals surface area contributed by atoms with Crippen LogP contribution in [0.1, 0.15) is 51.3 Å². The predicted octanol–water partition coefficient (Wildman–Crippen LogP) is 5.66. The third-order valence-corrected chi connectivity index (χ3v) is 5.55. The van der Waals surface area contributed by atoms with Crippen LogP contribution in [-0.2, 0) is 30.3 Å². The van der Waals surface area contributed by atoms with Crippen LogP contribution in [-0.4, -0.2) is 48.6 Å². The van der Waals surface area contributed by atoms with E-state index in [2.05, 4.69) is 0 Å². The van der Waals surface area contributed by atoms with Gasteiger partial charge in [0.25, 0.3) is 0 Å². The Morgan fingerprint density at radius 3 is 2.39 bits per heavy atom. The second-order valence-electron chi connectivity index (χ2n) is 9.69. The summed E-state index contributed by atoms with van der Waals surface area (Å²) < 4.78 is 22.8. The van der Waals surface area contributed by atoms with E-state index in [0.29, 0.717) is 26.4 Å². The lowest BCUT2D eigenvalue weighted by Crippen LogP contribution is -2.41. The van der Waals surface area contributed by atoms with Crippen molar-refractivity contribution in [3.8, 4) is 0 Å². The number of carbonyl (C=O) groups excluding carboxylic acids is 2. The molecule has 0 aromatic heterocycles. The molecule has 3 rings (SSSR count). The van der Waals surface area contributed by atoms with E-state index >= 15 is 0 Å². The van der Waals surface area contributed by atoms with Crippen LogP contribution in [0.3, 0.4) is 0 Å². The molecule has 0 spiro atoms. The maximum absolute atomic E-state index is 13.2. The Labute approximate surface area is 214 Å². The molecule has 36 heavy (non-hydrogen) atoms. The fourth-order valence-corrected chi connectivity index (χ4v) is 3.92. The maximum atomic E-state index is 13.2. The van der Waals surface area contributed by atoms with Crippen molar-refractivity contribution >= 4 is 12.1 Å². The van der Waals surface area contributed by atoms with Crippen LogP contribution in [0.5, 0.6) is 0 Å². The van der Waals surface area contributed by atoms with Gasteiger partial charge >= 0.3 is 12.1 Å². The zero-order valence-corrected chi connectivity index (χ0v) is 21.6. The molecule has 1 amide bonds. The van der Waals surface area contributed by atoms with Crippen molar-refractivity contribution in [3.63, 3.8) is 0 Å². The predicted molar refractivity (Wildman–Crippen MR) is 137 cm³/mol. The van der Waals surface area contributed by atoms with Gasteiger partial charge in [-0.15, -0.1) is 0 Å². The van der Waals surface area contributed by atoms with Crippen molar-refractivity contribution in [1.29, 1.82) is 0 Å². The van der Waals surface area contributed by atoms with Gasteiger partial charge in [-0.1, -0.05) is 66.7 Å². The largest absolute Gasteiger partial charge is 0.466 e. The Morgan fingerprint density at radius 1 is 1.08 bits per heavy atom. The molecule has 2 aromatic carbocycles. The Balaban J connectivity index is 1.75. The highest BCUT2D eigenvalue weighted by Crippen LogP contribution is 2.33. The third kappa shape index (κ3) is 8.50. The summed E-state index contributed by atoms with van der Waals surface area (Å²) in [5.41, 5.74) is 1.37. The van der Waals surface area contributed by atoms with Gasteiger partial charge in [0, 0.05) is 5.92 Å². The summed E-state index contributed by atoms with van der Waals surface area (Å²) in [5.74, 6) is -0.540. The highest BCUT2D eigenvalue weighted by molar-refractivity contribution is 5.70. The fourth-order valence-electron chi connectivity index (χ4n) is 3.92. The summed E-state index contributed by atoms with van der Waals surface area (Å²) in [5, 5.41) is 0. The first-order valence-electron chi connectivity index (χ1n) is 12.4. The van der Waals surface area contributed by atoms with Crippen molar-refractivity contribution in [2.75, 3.05) is 19.8 Å². The van der Waals surface area contributed by atoms with E-state index in [1.54, 1.807) is 11.8 Å². The van der Waals surface area contributed by atoms with Gasteiger partial charge in [-0.3, -0.25) is 9.69 Å². The molecule has 7 heteroatoms. The molecule has 1 heterocycles. The van der Waals surface area contributed by atoms with Gasteiger partial charge in [0.15, 0.2) is 6.23 Å². The van der Waals surface area contributed by atoms with Crippen LogP contribution >= 0.6 is 0 Å². The second kappa shape index (κ2) is 13.2. The van der Waals surface area contributed by atoms with Crippen LogP contribution in [0.2, 0.25) is 0 Å². The monoisotopic (exact) mass is 495 g/mol. The Kier molecular flexibility index (Phi) is 10.1. The van der Waals surface area contributed by atoms with Gasteiger partial charge < -0.3 is 18.9 Å². The van der Waals surface area contributed by atoms with Gasteiger partial charge in [0.05, 0.1) is 38.9 Å². The average molecular weight is 496 g/mol. The Morgan fingerprint density at radius 2 is 1.75 bits per heavy atom. The molecule has 2 aromatic rings. The number of amides is 1. The fraction of sp³-hybridized carbons (Fsp3) is 0.448. The zero-order chi connectivity index (χ0) is 26.0. The Bertz CT molecular complexity index is 986. The minimum atomic E-state index is -0.646. The van der Waals surface area contributed by atoms with Crippen molar-refractivity contribution < 1.29 is 28.5 Å². The molecule has 0 bridgehead atoms. The highest BCUT2D eigenvalue weighted by Gasteiger charge is 2.40. The standard InChI is InChI=1S/C29H37NO6/c1-5-34-27(31)18-23(20-33-19-22-12-8-6-9-13-22)16-17-26-30(28(32)36-29(2,3)4)25(21-35-26)24-14-10-7-11-15-24/h6-17,23,25-26H,5,18-21H2,1-4H3/t23-,25-,26+/m0/s1. The van der Waals surface area contributed by atoms with Crippen LogP contribution < -0.4 is 0 Å². The number of benzene rings is 2. The van der Waals surface area contributed by atoms with Crippen molar-refractivity contribution in [2.24, 2.45) is 5.92 Å². The third-order valence-electron chi connectivity index (χ3n) is 5.55. The number of nitrogens with zero attached hydrogens (tertiary/aromatic N) is 1. The lowest BCUT2D eigenvalue weighted by atomic mass is 10.1. The van der Waals surface area contributed by atoms with Crippen molar-refractivity contribution in [2.45, 2.75) is 58.6 Å². The molecule has 0 radical (unpaired) electrons. The highest BCUT2D eigenvalue weighted by atomic mass is 16.6. The number of rotatable bonds is 10. The van der Waals surface area contributed by atoms with E-state index in [9.17, 15) is 9.59 Å². The summed E-state index contributed by atoms with van der Waals surface area (Å²) in [6, 6.07) is 19.3. The van der Waals surface area contributed by atoms with E-state index in [1.165, 1.54) is 0 Å². The van der Waals surface area contributed by atoms with Crippen molar-refractivity contribution in [3.05, 3.63) is 83.9 Å². The summed E-state index contributed by atoms with van der Waals surface area (Å²) in [6.45, 7) is 8.71. The number of hydrogen-bond acceptors (Lipinski definition) is 6. The van der Waals surface area contributed by atoms with Crippen LogP contribution in [0, 0.1) is 5.92 Å². The lowest BCUT2D eigenvalue weighted by molar-refractivity contribution is -0.144. The van der Waals surface area contributed by atoms with Gasteiger partial charge in [-0.25, -0.2) is 4.79 Å².